The molecule has 3 rings (SSSR count). The molecule has 1 aliphatic heterocycles. The van der Waals surface area contributed by atoms with Crippen LogP contribution >= 0.6 is 24.0 Å². The summed E-state index contributed by atoms with van der Waals surface area (Å²) in [7, 11) is 0. The second-order valence-corrected chi connectivity index (χ2v) is 6.57. The van der Waals surface area contributed by atoms with E-state index in [9.17, 15) is 0 Å². The van der Waals surface area contributed by atoms with Crippen molar-refractivity contribution in [2.45, 2.75) is 46.0 Å². The Balaban J connectivity index is 0.00000243. The first-order chi connectivity index (χ1) is 12.2. The molecular weight excluding hydrogens is 441 g/mol. The predicted molar refractivity (Wildman–Crippen MR) is 116 cm³/mol. The summed E-state index contributed by atoms with van der Waals surface area (Å²) < 4.78 is 5.29. The Morgan fingerprint density at radius 1 is 1.35 bits per heavy atom. The Labute approximate surface area is 172 Å². The number of hydrogen-bond acceptors (Lipinski definition) is 4. The van der Waals surface area contributed by atoms with Gasteiger partial charge in [-0.15, -0.1) is 24.0 Å². The minimum atomic E-state index is 0. The first-order valence-electron chi connectivity index (χ1n) is 9.15. The smallest absolute Gasteiger partial charge is 0.226 e. The van der Waals surface area contributed by atoms with E-state index in [1.165, 1.54) is 11.3 Å². The first kappa shape index (κ1) is 20.7. The number of aryl methyl sites for hydroxylation is 1. The number of nitrogens with zero attached hydrogens (tertiary/aromatic N) is 4. The number of rotatable bonds is 6. The number of guanidine groups is 1. The highest BCUT2D eigenvalue weighted by atomic mass is 127. The summed E-state index contributed by atoms with van der Waals surface area (Å²) in [5.41, 5.74) is 2.65. The van der Waals surface area contributed by atoms with Gasteiger partial charge in [0.05, 0.1) is 0 Å². The van der Waals surface area contributed by atoms with Crippen LogP contribution in [0, 0.1) is 0 Å². The van der Waals surface area contributed by atoms with Crippen molar-refractivity contribution in [1.29, 1.82) is 0 Å². The number of halogens is 1. The van der Waals surface area contributed by atoms with E-state index in [-0.39, 0.29) is 24.0 Å². The van der Waals surface area contributed by atoms with Crippen LogP contribution in [0.25, 0.3) is 0 Å². The number of nitrogens with one attached hydrogen (secondary N) is 1. The Kier molecular flexibility index (Phi) is 7.86. The number of anilines is 1. The molecule has 0 saturated carbocycles. The van der Waals surface area contributed by atoms with E-state index in [4.69, 9.17) is 9.52 Å². The fourth-order valence-electron chi connectivity index (χ4n) is 2.97. The molecule has 1 N–H and O–H groups in total. The normalized spacial score (nSPS) is 13.7. The van der Waals surface area contributed by atoms with Crippen LogP contribution in [0.3, 0.4) is 0 Å². The lowest BCUT2D eigenvalue weighted by molar-refractivity contribution is 0.369. The quantitative estimate of drug-likeness (QED) is 0.302. The molecule has 0 spiro atoms. The van der Waals surface area contributed by atoms with Gasteiger partial charge in [-0.25, -0.2) is 0 Å². The van der Waals surface area contributed by atoms with E-state index in [0.717, 1.165) is 50.7 Å². The molecule has 0 amide bonds. The second kappa shape index (κ2) is 9.89. The number of hydrogen-bond donors (Lipinski definition) is 1. The molecule has 0 aliphatic carbocycles. The molecule has 1 aromatic heterocycles. The molecule has 0 saturated heterocycles. The topological polar surface area (TPSA) is 66.5 Å². The molecule has 142 valence electrons. The molecule has 7 heteroatoms. The van der Waals surface area contributed by atoms with E-state index >= 15 is 0 Å². The van der Waals surface area contributed by atoms with E-state index in [1.807, 2.05) is 0 Å². The monoisotopic (exact) mass is 469 g/mol. The van der Waals surface area contributed by atoms with Crippen molar-refractivity contribution in [2.75, 3.05) is 24.5 Å². The Bertz CT molecular complexity index is 728. The Hall–Kier alpha value is -1.64. The van der Waals surface area contributed by atoms with Crippen LogP contribution in [0.4, 0.5) is 5.69 Å². The van der Waals surface area contributed by atoms with Crippen molar-refractivity contribution in [3.63, 3.8) is 0 Å². The van der Waals surface area contributed by atoms with Crippen LogP contribution in [0.1, 0.15) is 50.4 Å². The van der Waals surface area contributed by atoms with Crippen molar-refractivity contribution in [2.24, 2.45) is 4.99 Å². The summed E-state index contributed by atoms with van der Waals surface area (Å²) in [4.78, 5) is 11.5. The van der Waals surface area contributed by atoms with Crippen molar-refractivity contribution in [1.82, 2.24) is 15.5 Å². The van der Waals surface area contributed by atoms with E-state index < -0.39 is 0 Å². The molecule has 0 radical (unpaired) electrons. The molecule has 1 aliphatic rings. The Morgan fingerprint density at radius 2 is 2.15 bits per heavy atom. The zero-order chi connectivity index (χ0) is 17.6. The first-order valence-corrected chi connectivity index (χ1v) is 9.15. The summed E-state index contributed by atoms with van der Waals surface area (Å²) >= 11 is 0. The third kappa shape index (κ3) is 4.96. The van der Waals surface area contributed by atoms with E-state index in [0.29, 0.717) is 11.8 Å². The maximum Gasteiger partial charge on any atom is 0.226 e. The van der Waals surface area contributed by atoms with Gasteiger partial charge in [0.15, 0.2) is 11.8 Å². The maximum atomic E-state index is 5.29. The third-order valence-corrected chi connectivity index (χ3v) is 4.29. The number of para-hydroxylation sites is 1. The molecule has 0 bridgehead atoms. The summed E-state index contributed by atoms with van der Waals surface area (Å²) in [6.45, 7) is 8.81. The van der Waals surface area contributed by atoms with Crippen LogP contribution in [0.5, 0.6) is 0 Å². The van der Waals surface area contributed by atoms with Gasteiger partial charge in [-0.1, -0.05) is 37.2 Å². The van der Waals surface area contributed by atoms with Crippen LogP contribution in [0.2, 0.25) is 0 Å². The Morgan fingerprint density at radius 3 is 2.88 bits per heavy atom. The standard InChI is InChI=1S/C19H27N5O.HI/c1-4-20-19(24-13-11-15-8-5-6-9-16(15)24)21-12-7-10-17-22-18(14(2)3)23-25-17;/h5-6,8-9,14H,4,7,10-13H2,1-3H3,(H,20,21);1H. The zero-order valence-corrected chi connectivity index (χ0v) is 18.1. The second-order valence-electron chi connectivity index (χ2n) is 6.57. The van der Waals surface area contributed by atoms with Gasteiger partial charge >= 0.3 is 0 Å². The van der Waals surface area contributed by atoms with Gasteiger partial charge < -0.3 is 14.7 Å². The van der Waals surface area contributed by atoms with Crippen molar-refractivity contribution >= 4 is 35.6 Å². The minimum absolute atomic E-state index is 0. The lowest BCUT2D eigenvalue weighted by Gasteiger charge is -2.22. The highest BCUT2D eigenvalue weighted by molar-refractivity contribution is 14.0. The number of aromatic nitrogens is 2. The van der Waals surface area contributed by atoms with Gasteiger partial charge in [0, 0.05) is 37.7 Å². The average Bonchev–Trinajstić information content (AvgIpc) is 3.25. The summed E-state index contributed by atoms with van der Waals surface area (Å²) in [6.07, 6.45) is 2.73. The summed E-state index contributed by atoms with van der Waals surface area (Å²) in [6, 6.07) is 8.55. The third-order valence-electron chi connectivity index (χ3n) is 4.29. The number of benzene rings is 1. The average molecular weight is 469 g/mol. The summed E-state index contributed by atoms with van der Waals surface area (Å²) in [5, 5.41) is 7.41. The number of aliphatic imine (C=N–C) groups is 1. The SMILES string of the molecule is CCNC(=NCCCc1nc(C(C)C)no1)N1CCc2ccccc21.I. The van der Waals surface area contributed by atoms with E-state index in [2.05, 4.69) is 65.4 Å². The van der Waals surface area contributed by atoms with Gasteiger partial charge in [-0.05, 0) is 31.4 Å². The minimum Gasteiger partial charge on any atom is -0.356 e. The highest BCUT2D eigenvalue weighted by Crippen LogP contribution is 2.27. The molecule has 2 aromatic rings. The van der Waals surface area contributed by atoms with Crippen LogP contribution < -0.4 is 10.2 Å². The van der Waals surface area contributed by atoms with Crippen LogP contribution in [0.15, 0.2) is 33.8 Å². The summed E-state index contributed by atoms with van der Waals surface area (Å²) in [5.74, 6) is 2.74. The fourth-order valence-corrected chi connectivity index (χ4v) is 2.97. The molecule has 0 unspecified atom stereocenters. The zero-order valence-electron chi connectivity index (χ0n) is 15.7. The molecular formula is C19H28IN5O. The lowest BCUT2D eigenvalue weighted by Crippen LogP contribution is -2.40. The van der Waals surface area contributed by atoms with Crippen LogP contribution in [-0.2, 0) is 12.8 Å². The largest absolute Gasteiger partial charge is 0.356 e. The van der Waals surface area contributed by atoms with Gasteiger partial charge in [0.2, 0.25) is 5.89 Å². The molecule has 26 heavy (non-hydrogen) atoms. The van der Waals surface area contributed by atoms with Gasteiger partial charge in [0.25, 0.3) is 0 Å². The fraction of sp³-hybridized carbons (Fsp3) is 0.526. The van der Waals surface area contributed by atoms with Crippen molar-refractivity contribution in [3.05, 3.63) is 41.5 Å². The molecule has 2 heterocycles. The van der Waals surface area contributed by atoms with Gasteiger partial charge in [-0.2, -0.15) is 4.98 Å². The maximum absolute atomic E-state index is 5.29. The van der Waals surface area contributed by atoms with Crippen molar-refractivity contribution < 1.29 is 4.52 Å². The van der Waals surface area contributed by atoms with Gasteiger partial charge in [-0.3, -0.25) is 4.99 Å². The van der Waals surface area contributed by atoms with Crippen LogP contribution in [-0.4, -0.2) is 35.7 Å². The predicted octanol–water partition coefficient (Wildman–Crippen LogP) is 3.77. The molecule has 0 fully saturated rings. The van der Waals surface area contributed by atoms with Crippen molar-refractivity contribution in [3.8, 4) is 0 Å². The van der Waals surface area contributed by atoms with E-state index in [1.54, 1.807) is 0 Å². The molecule has 6 nitrogen and oxygen atoms in total. The lowest BCUT2D eigenvalue weighted by atomic mass is 10.2. The highest BCUT2D eigenvalue weighted by Gasteiger charge is 2.22. The van der Waals surface area contributed by atoms with Gasteiger partial charge in [0.1, 0.15) is 0 Å². The molecule has 0 atom stereocenters. The molecule has 1 aromatic carbocycles. The number of fused-ring (bicyclic) bond motifs is 1.